The minimum Gasteiger partial charge on any atom is -0.396 e. The maximum absolute atomic E-state index is 9.56. The van der Waals surface area contributed by atoms with E-state index in [2.05, 4.69) is 12.2 Å². The van der Waals surface area contributed by atoms with E-state index in [4.69, 9.17) is 5.11 Å². The Hall–Kier alpha value is -0.220. The van der Waals surface area contributed by atoms with Crippen LogP contribution in [0, 0.1) is 11.8 Å². The van der Waals surface area contributed by atoms with Crippen LogP contribution in [0.3, 0.4) is 0 Å². The van der Waals surface area contributed by atoms with Gasteiger partial charge in [0.15, 0.2) is 0 Å². The number of carbonyl (C=O) groups is 1. The van der Waals surface area contributed by atoms with Gasteiger partial charge in [0.2, 0.25) is 6.41 Å². The van der Waals surface area contributed by atoms with Crippen LogP contribution >= 0.6 is 11.8 Å². The largest absolute Gasteiger partial charge is 0.396 e. The van der Waals surface area contributed by atoms with Crippen LogP contribution in [0.15, 0.2) is 0 Å². The molecule has 96 valence electrons. The van der Waals surface area contributed by atoms with Crippen molar-refractivity contribution in [3.63, 3.8) is 0 Å². The molecule has 0 unspecified atom stereocenters. The predicted octanol–water partition coefficient (Wildman–Crippen LogP) is 1.90. The molecular formula is C12H25NO2S. The summed E-state index contributed by atoms with van der Waals surface area (Å²) in [6.45, 7) is 3.49. The lowest BCUT2D eigenvalue weighted by Crippen LogP contribution is -2.14. The smallest absolute Gasteiger partial charge is 0.207 e. The summed E-state index contributed by atoms with van der Waals surface area (Å²) in [5.41, 5.74) is 0. The fourth-order valence-corrected chi connectivity index (χ4v) is 2.05. The van der Waals surface area contributed by atoms with Crippen molar-refractivity contribution in [2.45, 2.75) is 32.6 Å². The van der Waals surface area contributed by atoms with Crippen molar-refractivity contribution in [2.75, 3.05) is 25.2 Å². The normalized spacial score (nSPS) is 24.2. The molecule has 1 fully saturated rings. The number of amides is 1. The van der Waals surface area contributed by atoms with Crippen LogP contribution in [-0.2, 0) is 4.79 Å². The molecule has 1 rings (SSSR count). The van der Waals surface area contributed by atoms with Crippen molar-refractivity contribution in [3.05, 3.63) is 0 Å². The Labute approximate surface area is 103 Å². The Morgan fingerprint density at radius 1 is 1.38 bits per heavy atom. The number of hydrogen-bond acceptors (Lipinski definition) is 3. The number of thioether (sulfide) groups is 1. The zero-order chi connectivity index (χ0) is 12.2. The van der Waals surface area contributed by atoms with Gasteiger partial charge >= 0.3 is 0 Å². The van der Waals surface area contributed by atoms with Crippen molar-refractivity contribution in [3.8, 4) is 0 Å². The van der Waals surface area contributed by atoms with E-state index in [9.17, 15) is 4.79 Å². The summed E-state index contributed by atoms with van der Waals surface area (Å²) in [5.74, 6) is 2.53. The molecule has 0 aromatic rings. The predicted molar refractivity (Wildman–Crippen MR) is 70.7 cm³/mol. The SMILES string of the molecule is CC1CCC(CO)CC1.CSCCNC=O. The number of rotatable bonds is 5. The Balaban J connectivity index is 0.000000293. The molecule has 0 heterocycles. The van der Waals surface area contributed by atoms with Crippen molar-refractivity contribution < 1.29 is 9.90 Å². The second kappa shape index (κ2) is 11.3. The molecule has 1 amide bonds. The minimum atomic E-state index is 0.409. The molecule has 4 heteroatoms. The first-order valence-corrected chi connectivity index (χ1v) is 7.40. The standard InChI is InChI=1S/C8H16O.C4H9NOS/c1-7-2-4-8(6-9)5-3-7;1-7-3-2-5-4-6/h7-9H,2-6H2,1H3;4H,2-3H2,1H3,(H,5,6). The Bertz CT molecular complexity index is 159. The minimum absolute atomic E-state index is 0.409. The maximum Gasteiger partial charge on any atom is 0.207 e. The molecule has 0 spiro atoms. The van der Waals surface area contributed by atoms with E-state index < -0.39 is 0 Å². The summed E-state index contributed by atoms with van der Waals surface area (Å²) in [6, 6.07) is 0. The maximum atomic E-state index is 9.56. The molecule has 16 heavy (non-hydrogen) atoms. The molecule has 0 aliphatic heterocycles. The molecule has 0 aromatic carbocycles. The number of aliphatic hydroxyl groups is 1. The van der Waals surface area contributed by atoms with E-state index in [1.165, 1.54) is 25.7 Å². The van der Waals surface area contributed by atoms with E-state index in [-0.39, 0.29) is 0 Å². The Morgan fingerprint density at radius 3 is 2.44 bits per heavy atom. The van der Waals surface area contributed by atoms with Gasteiger partial charge in [0, 0.05) is 18.9 Å². The topological polar surface area (TPSA) is 49.3 Å². The summed E-state index contributed by atoms with van der Waals surface area (Å²) in [4.78, 5) is 9.56. The van der Waals surface area contributed by atoms with Crippen LogP contribution in [0.25, 0.3) is 0 Å². The second-order valence-electron chi connectivity index (χ2n) is 4.37. The van der Waals surface area contributed by atoms with Gasteiger partial charge in [-0.1, -0.05) is 19.8 Å². The summed E-state index contributed by atoms with van der Waals surface area (Å²) in [6.07, 6.45) is 7.87. The van der Waals surface area contributed by atoms with Crippen molar-refractivity contribution in [1.29, 1.82) is 0 Å². The van der Waals surface area contributed by atoms with Crippen LogP contribution in [0.1, 0.15) is 32.6 Å². The highest BCUT2D eigenvalue weighted by Crippen LogP contribution is 2.27. The Kier molecular flexibility index (Phi) is 11.1. The van der Waals surface area contributed by atoms with Gasteiger partial charge < -0.3 is 10.4 Å². The van der Waals surface area contributed by atoms with Gasteiger partial charge in [0.05, 0.1) is 0 Å². The third kappa shape index (κ3) is 9.04. The summed E-state index contributed by atoms with van der Waals surface area (Å²) in [7, 11) is 0. The van der Waals surface area contributed by atoms with Gasteiger partial charge in [-0.15, -0.1) is 0 Å². The first-order valence-electron chi connectivity index (χ1n) is 6.01. The number of nitrogens with one attached hydrogen (secondary N) is 1. The highest BCUT2D eigenvalue weighted by atomic mass is 32.2. The molecule has 0 saturated heterocycles. The highest BCUT2D eigenvalue weighted by Gasteiger charge is 2.16. The third-order valence-corrected chi connectivity index (χ3v) is 3.54. The molecule has 3 nitrogen and oxygen atoms in total. The quantitative estimate of drug-likeness (QED) is 0.576. The lowest BCUT2D eigenvalue weighted by atomic mass is 9.84. The lowest BCUT2D eigenvalue weighted by Gasteiger charge is -2.23. The number of aliphatic hydroxyl groups excluding tert-OH is 1. The average molecular weight is 247 g/mol. The zero-order valence-electron chi connectivity index (χ0n) is 10.4. The number of carbonyl (C=O) groups excluding carboxylic acids is 1. The van der Waals surface area contributed by atoms with Crippen LogP contribution in [0.5, 0.6) is 0 Å². The zero-order valence-corrected chi connectivity index (χ0v) is 11.3. The number of hydrogen-bond donors (Lipinski definition) is 2. The first kappa shape index (κ1) is 15.8. The Morgan fingerprint density at radius 2 is 2.00 bits per heavy atom. The summed E-state index contributed by atoms with van der Waals surface area (Å²) >= 11 is 1.72. The summed E-state index contributed by atoms with van der Waals surface area (Å²) < 4.78 is 0. The van der Waals surface area contributed by atoms with E-state index >= 15 is 0 Å². The van der Waals surface area contributed by atoms with Gasteiger partial charge in [0.1, 0.15) is 0 Å². The van der Waals surface area contributed by atoms with E-state index in [1.807, 2.05) is 6.26 Å². The molecule has 1 aliphatic rings. The highest BCUT2D eigenvalue weighted by molar-refractivity contribution is 7.98. The van der Waals surface area contributed by atoms with Gasteiger partial charge in [-0.3, -0.25) is 4.79 Å². The molecule has 0 aromatic heterocycles. The van der Waals surface area contributed by atoms with Gasteiger partial charge in [0.25, 0.3) is 0 Å². The van der Waals surface area contributed by atoms with E-state index in [1.54, 1.807) is 11.8 Å². The van der Waals surface area contributed by atoms with Gasteiger partial charge in [-0.2, -0.15) is 11.8 Å². The molecule has 0 atom stereocenters. The van der Waals surface area contributed by atoms with Crippen LogP contribution in [0.4, 0.5) is 0 Å². The first-order chi connectivity index (χ1) is 7.74. The van der Waals surface area contributed by atoms with Gasteiger partial charge in [-0.05, 0) is 30.9 Å². The van der Waals surface area contributed by atoms with Gasteiger partial charge in [-0.25, -0.2) is 0 Å². The van der Waals surface area contributed by atoms with Crippen LogP contribution in [-0.4, -0.2) is 36.7 Å². The van der Waals surface area contributed by atoms with Crippen LogP contribution in [0.2, 0.25) is 0 Å². The fourth-order valence-electron chi connectivity index (χ4n) is 1.73. The molecule has 0 radical (unpaired) electrons. The van der Waals surface area contributed by atoms with Crippen molar-refractivity contribution in [1.82, 2.24) is 5.32 Å². The van der Waals surface area contributed by atoms with E-state index in [0.717, 1.165) is 24.6 Å². The molecule has 0 bridgehead atoms. The second-order valence-corrected chi connectivity index (χ2v) is 5.36. The molecule has 1 aliphatic carbocycles. The molecule has 2 N–H and O–H groups in total. The monoisotopic (exact) mass is 247 g/mol. The fraction of sp³-hybridized carbons (Fsp3) is 0.917. The molecule has 1 saturated carbocycles. The van der Waals surface area contributed by atoms with Crippen molar-refractivity contribution >= 4 is 18.2 Å². The molecular weight excluding hydrogens is 222 g/mol. The van der Waals surface area contributed by atoms with Crippen LogP contribution < -0.4 is 5.32 Å². The van der Waals surface area contributed by atoms with Crippen molar-refractivity contribution in [2.24, 2.45) is 11.8 Å². The average Bonchev–Trinajstić information content (AvgIpc) is 2.32. The third-order valence-electron chi connectivity index (χ3n) is 2.93. The van der Waals surface area contributed by atoms with E-state index in [0.29, 0.717) is 12.5 Å². The lowest BCUT2D eigenvalue weighted by molar-refractivity contribution is -0.109. The summed E-state index contributed by atoms with van der Waals surface area (Å²) in [5, 5.41) is 11.3.